The molecule has 0 saturated heterocycles. The topological polar surface area (TPSA) is 154 Å². The zero-order valence-electron chi connectivity index (χ0n) is 24.2. The van der Waals surface area contributed by atoms with Crippen LogP contribution in [0.15, 0.2) is 53.4 Å². The standard InChI is InChI=1S/C32H35FN2O7S/c1-18(2)31-27(14-12-23(37)15-24(38)16-29(39)40)30(21-7-10-22(33)11-8-21)26-6-4-5-20-9-13-25(17-28(20)32(26)34-31)43(41,42)35-19(3)36/h7-14,17-18,23-24,37-38H,4-6,15-16H2,1-3H3,(H,35,36)(H,39,40)/t23-,24-/m1/s1. The van der Waals surface area contributed by atoms with Crippen molar-refractivity contribution >= 4 is 28.0 Å². The van der Waals surface area contributed by atoms with Crippen LogP contribution in [0.3, 0.4) is 0 Å². The van der Waals surface area contributed by atoms with Crippen molar-refractivity contribution in [3.63, 3.8) is 0 Å². The number of hydrogen-bond acceptors (Lipinski definition) is 7. The molecule has 3 aromatic rings. The van der Waals surface area contributed by atoms with Crippen molar-refractivity contribution in [3.05, 3.63) is 76.7 Å². The molecule has 4 N–H and O–H groups in total. The molecule has 4 rings (SSSR count). The summed E-state index contributed by atoms with van der Waals surface area (Å²) in [5.74, 6) is -2.42. The lowest BCUT2D eigenvalue weighted by molar-refractivity contribution is -0.139. The van der Waals surface area contributed by atoms with E-state index in [0.29, 0.717) is 40.9 Å². The van der Waals surface area contributed by atoms with Crippen molar-refractivity contribution in [1.29, 1.82) is 0 Å². The number of aromatic nitrogens is 1. The van der Waals surface area contributed by atoms with Gasteiger partial charge >= 0.3 is 5.97 Å². The molecule has 1 heterocycles. The van der Waals surface area contributed by atoms with Crippen molar-refractivity contribution in [2.24, 2.45) is 0 Å². The summed E-state index contributed by atoms with van der Waals surface area (Å²) in [7, 11) is -4.11. The highest BCUT2D eigenvalue weighted by molar-refractivity contribution is 7.90. The number of nitrogens with one attached hydrogen (secondary N) is 1. The van der Waals surface area contributed by atoms with E-state index in [0.717, 1.165) is 30.0 Å². The molecule has 9 nitrogen and oxygen atoms in total. The van der Waals surface area contributed by atoms with Crippen LogP contribution in [-0.2, 0) is 32.5 Å². The quantitative estimate of drug-likeness (QED) is 0.260. The molecule has 43 heavy (non-hydrogen) atoms. The van der Waals surface area contributed by atoms with Gasteiger partial charge in [-0.15, -0.1) is 0 Å². The predicted octanol–water partition coefficient (Wildman–Crippen LogP) is 4.59. The van der Waals surface area contributed by atoms with E-state index in [4.69, 9.17) is 10.1 Å². The largest absolute Gasteiger partial charge is 0.481 e. The number of pyridine rings is 1. The summed E-state index contributed by atoms with van der Waals surface area (Å²) in [6.45, 7) is 5.02. The van der Waals surface area contributed by atoms with Crippen molar-refractivity contribution < 1.29 is 37.7 Å². The van der Waals surface area contributed by atoms with E-state index in [1.807, 2.05) is 18.6 Å². The number of aliphatic carboxylic acids is 1. The van der Waals surface area contributed by atoms with Gasteiger partial charge in [0.05, 0.1) is 34.9 Å². The Morgan fingerprint density at radius 3 is 2.42 bits per heavy atom. The Kier molecular flexibility index (Phi) is 9.79. The number of carbonyl (C=O) groups is 2. The number of carbonyl (C=O) groups excluding carboxylic acids is 1. The van der Waals surface area contributed by atoms with E-state index in [1.54, 1.807) is 24.3 Å². The van der Waals surface area contributed by atoms with Gasteiger partial charge in [0.2, 0.25) is 5.91 Å². The van der Waals surface area contributed by atoms with E-state index in [9.17, 15) is 32.6 Å². The van der Waals surface area contributed by atoms with Crippen LogP contribution in [0.4, 0.5) is 4.39 Å². The normalized spacial score (nSPS) is 14.6. The second kappa shape index (κ2) is 13.2. The summed E-state index contributed by atoms with van der Waals surface area (Å²) in [6.07, 6.45) is 2.08. The monoisotopic (exact) mass is 610 g/mol. The summed E-state index contributed by atoms with van der Waals surface area (Å²) in [6, 6.07) is 10.7. The van der Waals surface area contributed by atoms with Crippen LogP contribution in [0, 0.1) is 5.82 Å². The van der Waals surface area contributed by atoms with Crippen LogP contribution in [-0.4, -0.2) is 52.8 Å². The average Bonchev–Trinajstić information content (AvgIpc) is 3.09. The van der Waals surface area contributed by atoms with Gasteiger partial charge in [0.25, 0.3) is 10.0 Å². The molecular weight excluding hydrogens is 575 g/mol. The zero-order valence-corrected chi connectivity index (χ0v) is 25.0. The molecule has 0 spiro atoms. The third-order valence-corrected chi connectivity index (χ3v) is 8.68. The number of aliphatic hydroxyl groups is 2. The van der Waals surface area contributed by atoms with Crippen LogP contribution in [0.25, 0.3) is 28.5 Å². The Hall–Kier alpha value is -3.93. The average molecular weight is 611 g/mol. The van der Waals surface area contributed by atoms with Crippen molar-refractivity contribution in [2.45, 2.75) is 75.9 Å². The Labute approximate surface area is 250 Å². The maximum atomic E-state index is 14.0. The van der Waals surface area contributed by atoms with Gasteiger partial charge in [0, 0.05) is 24.5 Å². The SMILES string of the molecule is CC(=O)NS(=O)(=O)c1ccc2c(c1)-c1nc(C(C)C)c(C=C[C@@H](O)C[C@@H](O)CC(=O)O)c(-c3ccc(F)cc3)c1CCC2. The Bertz CT molecular complexity index is 1670. The Balaban J connectivity index is 1.96. The summed E-state index contributed by atoms with van der Waals surface area (Å²) in [5.41, 5.74) is 5.72. The number of fused-ring (bicyclic) bond motifs is 3. The number of sulfonamides is 1. The first-order chi connectivity index (χ1) is 20.3. The van der Waals surface area contributed by atoms with E-state index in [-0.39, 0.29) is 17.2 Å². The van der Waals surface area contributed by atoms with Gasteiger partial charge in [0.15, 0.2) is 0 Å². The van der Waals surface area contributed by atoms with Crippen LogP contribution in [0.5, 0.6) is 0 Å². The summed E-state index contributed by atoms with van der Waals surface area (Å²) in [4.78, 5) is 27.5. The molecule has 0 bridgehead atoms. The van der Waals surface area contributed by atoms with Crippen molar-refractivity contribution in [2.75, 3.05) is 0 Å². The maximum absolute atomic E-state index is 14.0. The fraction of sp³-hybridized carbons (Fsp3) is 0.344. The van der Waals surface area contributed by atoms with E-state index < -0.39 is 46.3 Å². The van der Waals surface area contributed by atoms with Crippen LogP contribution < -0.4 is 4.72 Å². The minimum absolute atomic E-state index is 0.0717. The second-order valence-electron chi connectivity index (χ2n) is 11.0. The molecule has 2 aromatic carbocycles. The fourth-order valence-electron chi connectivity index (χ4n) is 5.39. The maximum Gasteiger partial charge on any atom is 0.305 e. The van der Waals surface area contributed by atoms with Crippen LogP contribution in [0.2, 0.25) is 0 Å². The lowest BCUT2D eigenvalue weighted by Crippen LogP contribution is -2.28. The number of hydrogen-bond donors (Lipinski definition) is 4. The molecule has 0 radical (unpaired) electrons. The Morgan fingerprint density at radius 2 is 1.79 bits per heavy atom. The van der Waals surface area contributed by atoms with Crippen LogP contribution >= 0.6 is 0 Å². The number of benzene rings is 2. The number of carboxylic acids is 1. The number of aryl methyl sites for hydroxylation is 1. The van der Waals surface area contributed by atoms with Crippen molar-refractivity contribution in [1.82, 2.24) is 9.71 Å². The summed E-state index contributed by atoms with van der Waals surface area (Å²) in [5, 5.41) is 29.6. The smallest absolute Gasteiger partial charge is 0.305 e. The molecule has 1 amide bonds. The van der Waals surface area contributed by atoms with Gasteiger partial charge in [-0.3, -0.25) is 14.6 Å². The number of amides is 1. The van der Waals surface area contributed by atoms with E-state index >= 15 is 0 Å². The molecule has 0 saturated carbocycles. The molecule has 0 unspecified atom stereocenters. The summed E-state index contributed by atoms with van der Waals surface area (Å²) < 4.78 is 41.8. The van der Waals surface area contributed by atoms with Gasteiger partial charge in [-0.2, -0.15) is 0 Å². The van der Waals surface area contributed by atoms with E-state index in [1.165, 1.54) is 30.3 Å². The van der Waals surface area contributed by atoms with Crippen LogP contribution in [0.1, 0.15) is 68.3 Å². The van der Waals surface area contributed by atoms with Gasteiger partial charge in [-0.1, -0.05) is 44.2 Å². The molecule has 2 atom stereocenters. The number of nitrogens with zero attached hydrogens (tertiary/aromatic N) is 1. The zero-order chi connectivity index (χ0) is 31.5. The lowest BCUT2D eigenvalue weighted by Gasteiger charge is -2.22. The predicted molar refractivity (Wildman–Crippen MR) is 160 cm³/mol. The highest BCUT2D eigenvalue weighted by Crippen LogP contribution is 2.42. The first kappa shape index (κ1) is 32.0. The highest BCUT2D eigenvalue weighted by Gasteiger charge is 2.27. The molecule has 228 valence electrons. The molecule has 11 heteroatoms. The minimum Gasteiger partial charge on any atom is -0.481 e. The van der Waals surface area contributed by atoms with Gasteiger partial charge in [-0.25, -0.2) is 17.5 Å². The number of halogens is 1. The third-order valence-electron chi connectivity index (χ3n) is 7.25. The lowest BCUT2D eigenvalue weighted by atomic mass is 9.86. The molecule has 1 aliphatic carbocycles. The van der Waals surface area contributed by atoms with E-state index in [2.05, 4.69) is 0 Å². The summed E-state index contributed by atoms with van der Waals surface area (Å²) >= 11 is 0. The number of rotatable bonds is 10. The number of carboxylic acid groups (broad SMARTS) is 1. The van der Waals surface area contributed by atoms with Crippen molar-refractivity contribution in [3.8, 4) is 22.4 Å². The van der Waals surface area contributed by atoms with Gasteiger partial charge in [0.1, 0.15) is 5.82 Å². The number of aliphatic hydroxyl groups excluding tert-OH is 2. The second-order valence-corrected chi connectivity index (χ2v) is 12.7. The fourth-order valence-corrected chi connectivity index (χ4v) is 6.41. The molecule has 1 aromatic heterocycles. The van der Waals surface area contributed by atoms with Gasteiger partial charge in [-0.05, 0) is 71.7 Å². The Morgan fingerprint density at radius 1 is 1.09 bits per heavy atom. The first-order valence-electron chi connectivity index (χ1n) is 14.0. The molecule has 1 aliphatic rings. The highest BCUT2D eigenvalue weighted by atomic mass is 32.2. The van der Waals surface area contributed by atoms with Gasteiger partial charge < -0.3 is 15.3 Å². The molecule has 0 fully saturated rings. The minimum atomic E-state index is -4.11. The first-order valence-corrected chi connectivity index (χ1v) is 15.5. The third kappa shape index (κ3) is 7.54. The molecule has 0 aliphatic heterocycles. The molecular formula is C32H35FN2O7S.